The van der Waals surface area contributed by atoms with Crippen molar-refractivity contribution < 1.29 is 0 Å². The molecule has 2 rings (SSSR count). The molecule has 19 heavy (non-hydrogen) atoms. The molecular weight excluding hydrogens is 256 g/mol. The molecular formula is C16H17ClN2. The molecule has 0 spiro atoms. The lowest BCUT2D eigenvalue weighted by molar-refractivity contribution is 0.329. The standard InChI is InChI=1S/C16H17ClN2/c1-3-10-19(11-4-2)12-13-7-8-15(17)14-6-5-9-18-16(13)14/h3-9H,1-2,10-12H2. The number of pyridine rings is 1. The molecule has 0 saturated carbocycles. The minimum Gasteiger partial charge on any atom is -0.292 e. The number of nitrogens with zero attached hydrogens (tertiary/aromatic N) is 2. The van der Waals surface area contributed by atoms with E-state index in [2.05, 4.69) is 23.0 Å². The van der Waals surface area contributed by atoms with E-state index in [1.54, 1.807) is 6.20 Å². The molecule has 0 aliphatic carbocycles. The van der Waals surface area contributed by atoms with Crippen LogP contribution in [0.15, 0.2) is 55.8 Å². The molecule has 3 heteroatoms. The molecule has 0 aliphatic rings. The Balaban J connectivity index is 2.36. The summed E-state index contributed by atoms with van der Waals surface area (Å²) in [6.07, 6.45) is 5.59. The van der Waals surface area contributed by atoms with Gasteiger partial charge in [0.2, 0.25) is 0 Å². The monoisotopic (exact) mass is 272 g/mol. The van der Waals surface area contributed by atoms with E-state index in [4.69, 9.17) is 11.6 Å². The van der Waals surface area contributed by atoms with Gasteiger partial charge in [0, 0.05) is 36.2 Å². The van der Waals surface area contributed by atoms with Gasteiger partial charge in [0.1, 0.15) is 0 Å². The lowest BCUT2D eigenvalue weighted by Crippen LogP contribution is -2.23. The summed E-state index contributed by atoms with van der Waals surface area (Å²) in [5.41, 5.74) is 2.14. The smallest absolute Gasteiger partial charge is 0.0761 e. The van der Waals surface area contributed by atoms with Gasteiger partial charge in [0.25, 0.3) is 0 Å². The Labute approximate surface area is 119 Å². The van der Waals surface area contributed by atoms with Crippen molar-refractivity contribution in [3.63, 3.8) is 0 Å². The Bertz CT molecular complexity index is 582. The second-order valence-corrected chi connectivity index (χ2v) is 4.78. The van der Waals surface area contributed by atoms with Gasteiger partial charge in [-0.3, -0.25) is 9.88 Å². The van der Waals surface area contributed by atoms with Gasteiger partial charge in [-0.15, -0.1) is 13.2 Å². The summed E-state index contributed by atoms with van der Waals surface area (Å²) in [6, 6.07) is 7.88. The van der Waals surface area contributed by atoms with Crippen molar-refractivity contribution in [3.8, 4) is 0 Å². The predicted molar refractivity (Wildman–Crippen MR) is 82.4 cm³/mol. The molecule has 0 saturated heterocycles. The van der Waals surface area contributed by atoms with Crippen LogP contribution in [-0.2, 0) is 6.54 Å². The van der Waals surface area contributed by atoms with E-state index < -0.39 is 0 Å². The summed E-state index contributed by atoms with van der Waals surface area (Å²) in [5.74, 6) is 0. The molecule has 0 atom stereocenters. The number of fused-ring (bicyclic) bond motifs is 1. The minimum absolute atomic E-state index is 0.742. The van der Waals surface area contributed by atoms with Gasteiger partial charge >= 0.3 is 0 Å². The molecule has 2 nitrogen and oxygen atoms in total. The minimum atomic E-state index is 0.742. The molecule has 0 N–H and O–H groups in total. The number of rotatable bonds is 6. The van der Waals surface area contributed by atoms with Crippen molar-refractivity contribution in [2.75, 3.05) is 13.1 Å². The van der Waals surface area contributed by atoms with Crippen LogP contribution in [0, 0.1) is 0 Å². The molecule has 1 aromatic carbocycles. The van der Waals surface area contributed by atoms with Crippen LogP contribution < -0.4 is 0 Å². The lowest BCUT2D eigenvalue weighted by atomic mass is 10.1. The van der Waals surface area contributed by atoms with Crippen LogP contribution in [0.4, 0.5) is 0 Å². The van der Waals surface area contributed by atoms with Crippen LogP contribution >= 0.6 is 11.6 Å². The quantitative estimate of drug-likeness (QED) is 0.737. The number of benzene rings is 1. The van der Waals surface area contributed by atoms with Crippen molar-refractivity contribution in [1.82, 2.24) is 9.88 Å². The van der Waals surface area contributed by atoms with Crippen molar-refractivity contribution >= 4 is 22.5 Å². The van der Waals surface area contributed by atoms with Gasteiger partial charge < -0.3 is 0 Å². The largest absolute Gasteiger partial charge is 0.292 e. The Morgan fingerprint density at radius 2 is 1.89 bits per heavy atom. The van der Waals surface area contributed by atoms with Crippen molar-refractivity contribution in [2.45, 2.75) is 6.54 Å². The van der Waals surface area contributed by atoms with E-state index in [0.29, 0.717) is 0 Å². The van der Waals surface area contributed by atoms with E-state index in [9.17, 15) is 0 Å². The third-order valence-electron chi connectivity index (χ3n) is 2.97. The first-order chi connectivity index (χ1) is 9.26. The zero-order valence-electron chi connectivity index (χ0n) is 10.8. The first kappa shape index (κ1) is 13.8. The molecule has 0 amide bonds. The lowest BCUT2D eigenvalue weighted by Gasteiger charge is -2.19. The predicted octanol–water partition coefficient (Wildman–Crippen LogP) is 4.06. The zero-order valence-corrected chi connectivity index (χ0v) is 11.6. The second-order valence-electron chi connectivity index (χ2n) is 4.38. The van der Waals surface area contributed by atoms with Crippen LogP contribution in [-0.4, -0.2) is 23.0 Å². The summed E-state index contributed by atoms with van der Waals surface area (Å²) in [7, 11) is 0. The SMILES string of the molecule is C=CCN(CC=C)Cc1ccc(Cl)c2cccnc12. The highest BCUT2D eigenvalue weighted by Crippen LogP contribution is 2.25. The second kappa shape index (κ2) is 6.50. The topological polar surface area (TPSA) is 16.1 Å². The van der Waals surface area contributed by atoms with E-state index >= 15 is 0 Å². The van der Waals surface area contributed by atoms with E-state index in [-0.39, 0.29) is 0 Å². The zero-order chi connectivity index (χ0) is 13.7. The molecule has 0 aliphatic heterocycles. The fourth-order valence-electron chi connectivity index (χ4n) is 2.13. The Morgan fingerprint density at radius 3 is 2.58 bits per heavy atom. The Kier molecular flexibility index (Phi) is 4.72. The highest BCUT2D eigenvalue weighted by Gasteiger charge is 2.09. The average molecular weight is 273 g/mol. The first-order valence-corrected chi connectivity index (χ1v) is 6.60. The normalized spacial score (nSPS) is 10.8. The fraction of sp³-hybridized carbons (Fsp3) is 0.188. The third kappa shape index (κ3) is 3.22. The van der Waals surface area contributed by atoms with Crippen molar-refractivity contribution in [3.05, 3.63) is 66.4 Å². The number of hydrogen-bond acceptors (Lipinski definition) is 2. The summed E-state index contributed by atoms with van der Waals surface area (Å²) in [5, 5.41) is 1.74. The molecule has 1 heterocycles. The maximum atomic E-state index is 6.20. The summed E-state index contributed by atoms with van der Waals surface area (Å²) in [6.45, 7) is 10.0. The first-order valence-electron chi connectivity index (χ1n) is 6.22. The van der Waals surface area contributed by atoms with Gasteiger partial charge in [-0.05, 0) is 23.8 Å². The van der Waals surface area contributed by atoms with Crippen LogP contribution in [0.5, 0.6) is 0 Å². The van der Waals surface area contributed by atoms with Crippen LogP contribution in [0.25, 0.3) is 10.9 Å². The summed E-state index contributed by atoms with van der Waals surface area (Å²) >= 11 is 6.20. The highest BCUT2D eigenvalue weighted by molar-refractivity contribution is 6.35. The number of halogens is 1. The van der Waals surface area contributed by atoms with Gasteiger partial charge in [0.05, 0.1) is 5.52 Å². The Morgan fingerprint density at radius 1 is 1.16 bits per heavy atom. The highest BCUT2D eigenvalue weighted by atomic mass is 35.5. The third-order valence-corrected chi connectivity index (χ3v) is 3.30. The summed E-state index contributed by atoms with van der Waals surface area (Å²) in [4.78, 5) is 6.70. The Hall–Kier alpha value is -1.64. The van der Waals surface area contributed by atoms with E-state index in [0.717, 1.165) is 35.6 Å². The van der Waals surface area contributed by atoms with Crippen LogP contribution in [0.3, 0.4) is 0 Å². The number of aromatic nitrogens is 1. The van der Waals surface area contributed by atoms with Gasteiger partial charge in [-0.2, -0.15) is 0 Å². The van der Waals surface area contributed by atoms with Gasteiger partial charge in [-0.25, -0.2) is 0 Å². The maximum absolute atomic E-state index is 6.20. The van der Waals surface area contributed by atoms with Crippen LogP contribution in [0.1, 0.15) is 5.56 Å². The van der Waals surface area contributed by atoms with Crippen molar-refractivity contribution in [1.29, 1.82) is 0 Å². The molecule has 0 bridgehead atoms. The van der Waals surface area contributed by atoms with E-state index in [1.807, 2.05) is 36.4 Å². The maximum Gasteiger partial charge on any atom is 0.0761 e. The van der Waals surface area contributed by atoms with Crippen molar-refractivity contribution in [2.24, 2.45) is 0 Å². The molecule has 2 aromatic rings. The van der Waals surface area contributed by atoms with Gasteiger partial charge in [0.15, 0.2) is 0 Å². The molecule has 1 aromatic heterocycles. The van der Waals surface area contributed by atoms with Gasteiger partial charge in [-0.1, -0.05) is 29.8 Å². The molecule has 0 radical (unpaired) electrons. The fourth-order valence-corrected chi connectivity index (χ4v) is 2.35. The average Bonchev–Trinajstić information content (AvgIpc) is 2.43. The number of hydrogen-bond donors (Lipinski definition) is 0. The molecule has 0 unspecified atom stereocenters. The van der Waals surface area contributed by atoms with E-state index in [1.165, 1.54) is 5.56 Å². The molecule has 0 fully saturated rings. The molecule has 98 valence electrons. The van der Waals surface area contributed by atoms with Crippen LogP contribution in [0.2, 0.25) is 5.02 Å². The summed E-state index contributed by atoms with van der Waals surface area (Å²) < 4.78 is 0.